The number of anilines is 1. The van der Waals surface area contributed by atoms with Gasteiger partial charge in [0.05, 0.1) is 16.9 Å². The van der Waals surface area contributed by atoms with Crippen LogP contribution in [0, 0.1) is 12.8 Å². The van der Waals surface area contributed by atoms with Crippen molar-refractivity contribution in [1.29, 1.82) is 0 Å². The van der Waals surface area contributed by atoms with Crippen molar-refractivity contribution in [2.75, 3.05) is 24.2 Å². The zero-order chi connectivity index (χ0) is 14.9. The van der Waals surface area contributed by atoms with E-state index in [1.807, 2.05) is 11.8 Å². The van der Waals surface area contributed by atoms with E-state index in [2.05, 4.69) is 40.4 Å². The molecule has 2 aromatic rings. The lowest BCUT2D eigenvalue weighted by Crippen LogP contribution is -2.11. The van der Waals surface area contributed by atoms with Gasteiger partial charge < -0.3 is 10.3 Å². The number of aromatic amines is 1. The summed E-state index contributed by atoms with van der Waals surface area (Å²) < 4.78 is 0. The summed E-state index contributed by atoms with van der Waals surface area (Å²) in [5.74, 6) is 1.95. The van der Waals surface area contributed by atoms with Gasteiger partial charge >= 0.3 is 0 Å². The van der Waals surface area contributed by atoms with E-state index < -0.39 is 0 Å². The molecule has 2 N–H and O–H groups in total. The van der Waals surface area contributed by atoms with Gasteiger partial charge in [-0.3, -0.25) is 4.99 Å². The molecule has 1 aliphatic carbocycles. The highest BCUT2D eigenvalue weighted by atomic mass is 32.2. The lowest BCUT2D eigenvalue weighted by Gasteiger charge is -2.13. The summed E-state index contributed by atoms with van der Waals surface area (Å²) in [7, 11) is 0. The number of H-pyrrole nitrogens is 1. The molecule has 22 heavy (non-hydrogen) atoms. The van der Waals surface area contributed by atoms with Crippen molar-refractivity contribution in [1.82, 2.24) is 4.98 Å². The van der Waals surface area contributed by atoms with Crippen LogP contribution in [0.25, 0.3) is 10.9 Å². The Labute approximate surface area is 136 Å². The summed E-state index contributed by atoms with van der Waals surface area (Å²) in [4.78, 5) is 8.18. The first-order valence-corrected chi connectivity index (χ1v) is 9.33. The maximum absolute atomic E-state index is 4.59. The molecular weight excluding hydrogens is 290 g/mol. The van der Waals surface area contributed by atoms with Crippen molar-refractivity contribution in [3.05, 3.63) is 29.5 Å². The summed E-state index contributed by atoms with van der Waals surface area (Å²) >= 11 is 1.85. The first-order valence-electron chi connectivity index (χ1n) is 8.34. The van der Waals surface area contributed by atoms with Crippen molar-refractivity contribution in [2.45, 2.75) is 32.6 Å². The number of aliphatic imine (C=N–C) groups is 1. The summed E-state index contributed by atoms with van der Waals surface area (Å²) in [6, 6.07) is 6.78. The van der Waals surface area contributed by atoms with Gasteiger partial charge in [-0.05, 0) is 49.4 Å². The van der Waals surface area contributed by atoms with Crippen LogP contribution in [0.15, 0.2) is 23.2 Å². The number of nitrogens with one attached hydrogen (secondary N) is 2. The molecule has 0 unspecified atom stereocenters. The number of thioether (sulfide) groups is 1. The number of aromatic nitrogens is 1. The first kappa shape index (κ1) is 14.2. The molecule has 0 spiro atoms. The van der Waals surface area contributed by atoms with Gasteiger partial charge in [0.2, 0.25) is 0 Å². The van der Waals surface area contributed by atoms with Crippen molar-refractivity contribution >= 4 is 33.4 Å². The Hall–Kier alpha value is -1.42. The molecule has 0 radical (unpaired) electrons. The Morgan fingerprint density at radius 2 is 2.14 bits per heavy atom. The van der Waals surface area contributed by atoms with E-state index in [1.54, 1.807) is 0 Å². The average molecular weight is 313 g/mol. The van der Waals surface area contributed by atoms with E-state index in [1.165, 1.54) is 53.5 Å². The van der Waals surface area contributed by atoms with E-state index in [9.17, 15) is 0 Å². The molecule has 1 saturated carbocycles. The number of aryl methyl sites for hydroxylation is 1. The minimum absolute atomic E-state index is 0.847. The highest BCUT2D eigenvalue weighted by Gasteiger charge is 2.17. The summed E-state index contributed by atoms with van der Waals surface area (Å²) in [5, 5.41) is 6.15. The molecule has 4 heteroatoms. The molecule has 3 nitrogen and oxygen atoms in total. The van der Waals surface area contributed by atoms with Gasteiger partial charge in [-0.15, -0.1) is 11.8 Å². The molecule has 2 heterocycles. The molecule has 0 atom stereocenters. The molecule has 0 amide bonds. The van der Waals surface area contributed by atoms with Crippen LogP contribution in [0.5, 0.6) is 0 Å². The maximum Gasteiger partial charge on any atom is 0.114 e. The van der Waals surface area contributed by atoms with Gasteiger partial charge in [-0.25, -0.2) is 0 Å². The number of rotatable bonds is 4. The maximum atomic E-state index is 4.59. The standard InChI is InChI=1S/C18H23N3S/c1-12-8-14-10-16(18-19-6-7-22-18)21-17(14)15(9-12)20-11-13-4-2-3-5-13/h8-10,13,20-21H,2-7,11H2,1H3. The summed E-state index contributed by atoms with van der Waals surface area (Å²) in [5.41, 5.74) is 4.96. The zero-order valence-electron chi connectivity index (χ0n) is 13.1. The second-order valence-electron chi connectivity index (χ2n) is 6.53. The Kier molecular flexibility index (Phi) is 3.87. The van der Waals surface area contributed by atoms with E-state index in [0.717, 1.165) is 29.8 Å². The molecule has 0 saturated heterocycles. The Morgan fingerprint density at radius 3 is 2.91 bits per heavy atom. The first-order chi connectivity index (χ1) is 10.8. The largest absolute Gasteiger partial charge is 0.383 e. The van der Waals surface area contributed by atoms with Gasteiger partial charge in [0.1, 0.15) is 5.04 Å². The van der Waals surface area contributed by atoms with Crippen molar-refractivity contribution in [2.24, 2.45) is 10.9 Å². The predicted molar refractivity (Wildman–Crippen MR) is 97.3 cm³/mol. The van der Waals surface area contributed by atoms with E-state index in [4.69, 9.17) is 0 Å². The third-order valence-corrected chi connectivity index (χ3v) is 5.75. The summed E-state index contributed by atoms with van der Waals surface area (Å²) in [6.07, 6.45) is 5.56. The van der Waals surface area contributed by atoms with E-state index in [-0.39, 0.29) is 0 Å². The molecule has 0 bridgehead atoms. The van der Waals surface area contributed by atoms with E-state index in [0.29, 0.717) is 0 Å². The van der Waals surface area contributed by atoms with Crippen LogP contribution in [0.3, 0.4) is 0 Å². The Morgan fingerprint density at radius 1 is 1.27 bits per heavy atom. The van der Waals surface area contributed by atoms with Crippen LogP contribution in [0.2, 0.25) is 0 Å². The van der Waals surface area contributed by atoms with Crippen LogP contribution in [-0.4, -0.2) is 28.9 Å². The van der Waals surface area contributed by atoms with Gasteiger partial charge in [-0.2, -0.15) is 0 Å². The predicted octanol–water partition coefficient (Wildman–Crippen LogP) is 4.57. The Balaban J connectivity index is 1.63. The number of hydrogen-bond donors (Lipinski definition) is 2. The highest BCUT2D eigenvalue weighted by molar-refractivity contribution is 8.14. The fraction of sp³-hybridized carbons (Fsp3) is 0.500. The number of hydrogen-bond acceptors (Lipinski definition) is 3. The molecule has 2 aliphatic rings. The van der Waals surface area contributed by atoms with Gasteiger partial charge in [0, 0.05) is 24.2 Å². The van der Waals surface area contributed by atoms with Crippen LogP contribution < -0.4 is 5.32 Å². The fourth-order valence-corrected chi connectivity index (χ4v) is 4.44. The average Bonchev–Trinajstić information content (AvgIpc) is 3.24. The second kappa shape index (κ2) is 5.99. The highest BCUT2D eigenvalue weighted by Crippen LogP contribution is 2.30. The van der Waals surface area contributed by atoms with Crippen LogP contribution in [0.4, 0.5) is 5.69 Å². The minimum atomic E-state index is 0.847. The number of fused-ring (bicyclic) bond motifs is 1. The summed E-state index contributed by atoms with van der Waals surface area (Å²) in [6.45, 7) is 4.22. The molecule has 4 rings (SSSR count). The smallest absolute Gasteiger partial charge is 0.114 e. The van der Waals surface area contributed by atoms with Crippen molar-refractivity contribution in [3.8, 4) is 0 Å². The number of benzene rings is 1. The topological polar surface area (TPSA) is 40.2 Å². The molecule has 1 aliphatic heterocycles. The fourth-order valence-electron chi connectivity index (χ4n) is 3.62. The van der Waals surface area contributed by atoms with Gasteiger partial charge in [-0.1, -0.05) is 12.8 Å². The van der Waals surface area contributed by atoms with Crippen LogP contribution >= 0.6 is 11.8 Å². The van der Waals surface area contributed by atoms with E-state index >= 15 is 0 Å². The molecule has 1 fully saturated rings. The van der Waals surface area contributed by atoms with Crippen molar-refractivity contribution in [3.63, 3.8) is 0 Å². The van der Waals surface area contributed by atoms with Crippen LogP contribution in [0.1, 0.15) is 36.9 Å². The second-order valence-corrected chi connectivity index (χ2v) is 7.61. The molecular formula is C18H23N3S. The van der Waals surface area contributed by atoms with Crippen molar-refractivity contribution < 1.29 is 0 Å². The lowest BCUT2D eigenvalue weighted by molar-refractivity contribution is 0.580. The van der Waals surface area contributed by atoms with Crippen LogP contribution in [-0.2, 0) is 0 Å². The number of nitrogens with zero attached hydrogens (tertiary/aromatic N) is 1. The third-order valence-electron chi connectivity index (χ3n) is 4.74. The molecule has 1 aromatic heterocycles. The van der Waals surface area contributed by atoms with Gasteiger partial charge in [0.15, 0.2) is 0 Å². The lowest BCUT2D eigenvalue weighted by atomic mass is 10.1. The quantitative estimate of drug-likeness (QED) is 0.868. The van der Waals surface area contributed by atoms with Gasteiger partial charge in [0.25, 0.3) is 0 Å². The minimum Gasteiger partial charge on any atom is -0.383 e. The molecule has 1 aromatic carbocycles. The molecule has 116 valence electrons. The third kappa shape index (κ3) is 2.76. The SMILES string of the molecule is Cc1cc(NCC2CCCC2)c2[nH]c(C3=NCCS3)cc2c1. The Bertz CT molecular complexity index is 710. The monoisotopic (exact) mass is 313 g/mol. The normalized spacial score (nSPS) is 19.0. The zero-order valence-corrected chi connectivity index (χ0v) is 13.9.